The average Bonchev–Trinajstić information content (AvgIpc) is 2.33. The molecule has 0 unspecified atom stereocenters. The van der Waals surface area contributed by atoms with Gasteiger partial charge < -0.3 is 14.6 Å². The maximum atomic E-state index is 13.4. The number of ether oxygens (including phenoxy) is 2. The van der Waals surface area contributed by atoms with Gasteiger partial charge in [-0.3, -0.25) is 0 Å². The van der Waals surface area contributed by atoms with Crippen molar-refractivity contribution in [2.24, 2.45) is 0 Å². The number of rotatable bonds is 3. The van der Waals surface area contributed by atoms with Gasteiger partial charge in [0, 0.05) is 6.42 Å². The molecule has 4 atom stereocenters. The van der Waals surface area contributed by atoms with Crippen LogP contribution >= 0.6 is 0 Å². The highest BCUT2D eigenvalue weighted by Crippen LogP contribution is 2.24. The second kappa shape index (κ2) is 5.58. The summed E-state index contributed by atoms with van der Waals surface area (Å²) in [5, 5.41) is 9.62. The molecule has 0 bridgehead atoms. The second-order valence-corrected chi connectivity index (χ2v) is 4.32. The lowest BCUT2D eigenvalue weighted by molar-refractivity contribution is -0.244. The van der Waals surface area contributed by atoms with Crippen molar-refractivity contribution < 1.29 is 19.0 Å². The summed E-state index contributed by atoms with van der Waals surface area (Å²) >= 11 is 0. The fraction of sp³-hybridized carbons (Fsp3) is 0.538. The van der Waals surface area contributed by atoms with Crippen molar-refractivity contribution >= 4 is 0 Å². The Morgan fingerprint density at radius 1 is 1.41 bits per heavy atom. The van der Waals surface area contributed by atoms with Crippen LogP contribution < -0.4 is 0 Å². The van der Waals surface area contributed by atoms with E-state index < -0.39 is 24.7 Å². The van der Waals surface area contributed by atoms with Crippen LogP contribution in [0.25, 0.3) is 0 Å². The number of alkyl halides is 1. The highest BCUT2D eigenvalue weighted by molar-refractivity contribution is 5.13. The molecule has 0 spiro atoms. The molecule has 4 heteroatoms. The predicted molar refractivity (Wildman–Crippen MR) is 61.1 cm³/mol. The lowest BCUT2D eigenvalue weighted by Gasteiger charge is -2.34. The van der Waals surface area contributed by atoms with Gasteiger partial charge in [0.1, 0.15) is 12.3 Å². The van der Waals surface area contributed by atoms with Crippen molar-refractivity contribution in [2.75, 3.05) is 0 Å². The minimum atomic E-state index is -1.08. The van der Waals surface area contributed by atoms with Crippen LogP contribution in [0.4, 0.5) is 4.39 Å². The molecule has 0 aliphatic carbocycles. The zero-order chi connectivity index (χ0) is 12.3. The molecular formula is C13H17FO3. The highest BCUT2D eigenvalue weighted by atomic mass is 19.1. The Kier molecular flexibility index (Phi) is 4.10. The molecule has 0 amide bonds. The van der Waals surface area contributed by atoms with E-state index in [-0.39, 0.29) is 6.42 Å². The van der Waals surface area contributed by atoms with Crippen molar-refractivity contribution in [3.8, 4) is 0 Å². The molecule has 0 radical (unpaired) electrons. The minimum absolute atomic E-state index is 0.176. The molecule has 1 N–H and O–H groups in total. The van der Waals surface area contributed by atoms with Gasteiger partial charge in [-0.2, -0.15) is 0 Å². The standard InChI is InChI=1S/C13H17FO3/c1-9-11(14)7-12(13(15)17-9)16-8-10-5-3-2-4-6-10/h2-6,9,11-13,15H,7-8H2,1H3/t9-,11+,12-,13+/m1/s1. The SMILES string of the molecule is C[C@H]1O[C@H](O)[C@H](OCc2ccccc2)C[C@@H]1F. The molecular weight excluding hydrogens is 223 g/mol. The van der Waals surface area contributed by atoms with Crippen LogP contribution in [0.5, 0.6) is 0 Å². The van der Waals surface area contributed by atoms with Crippen molar-refractivity contribution in [1.29, 1.82) is 0 Å². The summed E-state index contributed by atoms with van der Waals surface area (Å²) in [6, 6.07) is 9.58. The Bertz CT molecular complexity index is 344. The van der Waals surface area contributed by atoms with Gasteiger partial charge in [0.05, 0.1) is 12.7 Å². The summed E-state index contributed by atoms with van der Waals surface area (Å²) in [6.07, 6.45) is -3.11. The van der Waals surface area contributed by atoms with E-state index in [0.717, 1.165) is 5.56 Å². The third kappa shape index (κ3) is 3.25. The molecule has 1 aliphatic rings. The topological polar surface area (TPSA) is 38.7 Å². The van der Waals surface area contributed by atoms with E-state index in [4.69, 9.17) is 9.47 Å². The molecule has 0 aromatic heterocycles. The van der Waals surface area contributed by atoms with Crippen LogP contribution in [-0.4, -0.2) is 29.8 Å². The van der Waals surface area contributed by atoms with Gasteiger partial charge in [0.15, 0.2) is 6.29 Å². The van der Waals surface area contributed by atoms with E-state index in [1.807, 2.05) is 30.3 Å². The van der Waals surface area contributed by atoms with E-state index >= 15 is 0 Å². The molecule has 94 valence electrons. The smallest absolute Gasteiger partial charge is 0.181 e. The largest absolute Gasteiger partial charge is 0.368 e. The van der Waals surface area contributed by atoms with E-state index in [0.29, 0.717) is 6.61 Å². The average molecular weight is 240 g/mol. The van der Waals surface area contributed by atoms with Gasteiger partial charge in [-0.05, 0) is 12.5 Å². The molecule has 1 saturated heterocycles. The number of aliphatic hydroxyl groups is 1. The van der Waals surface area contributed by atoms with Crippen molar-refractivity contribution in [3.05, 3.63) is 35.9 Å². The van der Waals surface area contributed by atoms with E-state index in [9.17, 15) is 9.50 Å². The zero-order valence-corrected chi connectivity index (χ0v) is 9.75. The van der Waals surface area contributed by atoms with Crippen molar-refractivity contribution in [3.63, 3.8) is 0 Å². The Morgan fingerprint density at radius 3 is 2.82 bits per heavy atom. The molecule has 1 fully saturated rings. The number of hydrogen-bond donors (Lipinski definition) is 1. The van der Waals surface area contributed by atoms with Gasteiger partial charge >= 0.3 is 0 Å². The van der Waals surface area contributed by atoms with E-state index in [2.05, 4.69) is 0 Å². The van der Waals surface area contributed by atoms with Crippen LogP contribution in [0.2, 0.25) is 0 Å². The summed E-state index contributed by atoms with van der Waals surface area (Å²) < 4.78 is 24.0. The number of benzene rings is 1. The normalized spacial score (nSPS) is 33.6. The molecule has 1 aromatic carbocycles. The van der Waals surface area contributed by atoms with Crippen LogP contribution in [0, 0.1) is 0 Å². The first-order valence-electron chi connectivity index (χ1n) is 5.80. The zero-order valence-electron chi connectivity index (χ0n) is 9.75. The summed E-state index contributed by atoms with van der Waals surface area (Å²) in [6.45, 7) is 1.97. The number of hydrogen-bond acceptors (Lipinski definition) is 3. The summed E-state index contributed by atoms with van der Waals surface area (Å²) in [4.78, 5) is 0. The fourth-order valence-electron chi connectivity index (χ4n) is 1.85. The van der Waals surface area contributed by atoms with E-state index in [1.165, 1.54) is 0 Å². The quantitative estimate of drug-likeness (QED) is 0.878. The highest BCUT2D eigenvalue weighted by Gasteiger charge is 2.35. The molecule has 1 aliphatic heterocycles. The van der Waals surface area contributed by atoms with Crippen LogP contribution in [0.3, 0.4) is 0 Å². The van der Waals surface area contributed by atoms with Crippen LogP contribution in [0.15, 0.2) is 30.3 Å². The predicted octanol–water partition coefficient (Wildman–Crippen LogP) is 2.04. The van der Waals surface area contributed by atoms with Crippen LogP contribution in [0.1, 0.15) is 18.9 Å². The lowest BCUT2D eigenvalue weighted by Crippen LogP contribution is -2.45. The molecule has 3 nitrogen and oxygen atoms in total. The Labute approximate surface area is 100 Å². The van der Waals surface area contributed by atoms with Gasteiger partial charge in [-0.25, -0.2) is 4.39 Å². The fourth-order valence-corrected chi connectivity index (χ4v) is 1.85. The van der Waals surface area contributed by atoms with E-state index in [1.54, 1.807) is 6.92 Å². The maximum Gasteiger partial charge on any atom is 0.181 e. The Morgan fingerprint density at radius 2 is 2.12 bits per heavy atom. The first kappa shape index (κ1) is 12.5. The third-order valence-electron chi connectivity index (χ3n) is 2.95. The molecule has 2 rings (SSSR count). The number of halogens is 1. The van der Waals surface area contributed by atoms with Gasteiger partial charge in [-0.1, -0.05) is 30.3 Å². The van der Waals surface area contributed by atoms with Gasteiger partial charge in [0.2, 0.25) is 0 Å². The summed E-state index contributed by atoms with van der Waals surface area (Å²) in [7, 11) is 0. The molecule has 0 saturated carbocycles. The number of aliphatic hydroxyl groups excluding tert-OH is 1. The molecule has 17 heavy (non-hydrogen) atoms. The molecule has 1 heterocycles. The third-order valence-corrected chi connectivity index (χ3v) is 2.95. The first-order valence-corrected chi connectivity index (χ1v) is 5.80. The maximum absolute atomic E-state index is 13.4. The second-order valence-electron chi connectivity index (χ2n) is 4.32. The first-order chi connectivity index (χ1) is 8.16. The Balaban J connectivity index is 1.87. The monoisotopic (exact) mass is 240 g/mol. The minimum Gasteiger partial charge on any atom is -0.368 e. The summed E-state index contributed by atoms with van der Waals surface area (Å²) in [5.41, 5.74) is 0.994. The summed E-state index contributed by atoms with van der Waals surface area (Å²) in [5.74, 6) is 0. The van der Waals surface area contributed by atoms with Gasteiger partial charge in [0.25, 0.3) is 0 Å². The lowest BCUT2D eigenvalue weighted by atomic mass is 10.0. The molecule has 1 aromatic rings. The van der Waals surface area contributed by atoms with Gasteiger partial charge in [-0.15, -0.1) is 0 Å². The van der Waals surface area contributed by atoms with Crippen LogP contribution in [-0.2, 0) is 16.1 Å². The Hall–Kier alpha value is -0.970. The van der Waals surface area contributed by atoms with Crippen molar-refractivity contribution in [2.45, 2.75) is 44.6 Å². The van der Waals surface area contributed by atoms with Crippen molar-refractivity contribution in [1.82, 2.24) is 0 Å².